The second-order valence-corrected chi connectivity index (χ2v) is 7.61. The maximum atomic E-state index is 13.7. The average molecular weight is 359 g/mol. The summed E-state index contributed by atoms with van der Waals surface area (Å²) < 4.78 is 39.9. The molecule has 0 bridgehead atoms. The highest BCUT2D eigenvalue weighted by molar-refractivity contribution is 9.10. The Kier molecular flexibility index (Phi) is 4.81. The topological polar surface area (TPSA) is 37.4 Å². The van der Waals surface area contributed by atoms with Crippen molar-refractivity contribution in [2.45, 2.75) is 24.3 Å². The smallest absolute Gasteiger partial charge is 0.207 e. The van der Waals surface area contributed by atoms with E-state index in [1.54, 1.807) is 13.8 Å². The van der Waals surface area contributed by atoms with E-state index >= 15 is 0 Å². The number of alkyl halides is 1. The molecule has 7 heteroatoms. The van der Waals surface area contributed by atoms with E-state index in [1.807, 2.05) is 0 Å². The fourth-order valence-corrected chi connectivity index (χ4v) is 3.38. The number of hydrogen-bond acceptors (Lipinski definition) is 2. The van der Waals surface area contributed by atoms with Crippen LogP contribution in [0.3, 0.4) is 0 Å². The zero-order chi connectivity index (χ0) is 14.1. The number of sulfonamides is 1. The SMILES string of the molecule is CN(C(C)(C)CCl)S(=O)(=O)c1ccc(Br)cc1F. The Bertz CT molecular complexity index is 548. The Balaban J connectivity index is 3.30. The fraction of sp³-hybridized carbons (Fsp3) is 0.455. The molecule has 0 aliphatic heterocycles. The predicted molar refractivity (Wildman–Crippen MR) is 73.8 cm³/mol. The molecule has 0 amide bonds. The van der Waals surface area contributed by atoms with Gasteiger partial charge in [0, 0.05) is 22.9 Å². The van der Waals surface area contributed by atoms with E-state index in [9.17, 15) is 12.8 Å². The second kappa shape index (κ2) is 5.45. The van der Waals surface area contributed by atoms with Crippen molar-refractivity contribution in [2.75, 3.05) is 12.9 Å². The molecule has 0 fully saturated rings. The van der Waals surface area contributed by atoms with Gasteiger partial charge < -0.3 is 0 Å². The van der Waals surface area contributed by atoms with Crippen LogP contribution < -0.4 is 0 Å². The minimum absolute atomic E-state index is 0.112. The Hall–Kier alpha value is -0.170. The second-order valence-electron chi connectivity index (χ2n) is 4.49. The molecule has 0 spiro atoms. The maximum absolute atomic E-state index is 13.7. The number of halogens is 3. The normalized spacial score (nSPS) is 13.1. The molecular formula is C11H14BrClFNO2S. The Morgan fingerprint density at radius 2 is 2.00 bits per heavy atom. The Labute approximate surface area is 120 Å². The Morgan fingerprint density at radius 3 is 2.44 bits per heavy atom. The molecule has 0 aliphatic carbocycles. The van der Waals surface area contributed by atoms with Crippen molar-refractivity contribution >= 4 is 37.6 Å². The van der Waals surface area contributed by atoms with E-state index < -0.39 is 21.4 Å². The van der Waals surface area contributed by atoms with E-state index in [-0.39, 0.29) is 10.8 Å². The highest BCUT2D eigenvalue weighted by Gasteiger charge is 2.34. The minimum Gasteiger partial charge on any atom is -0.207 e. The molecule has 3 nitrogen and oxygen atoms in total. The van der Waals surface area contributed by atoms with Crippen molar-refractivity contribution < 1.29 is 12.8 Å². The maximum Gasteiger partial charge on any atom is 0.246 e. The molecule has 0 radical (unpaired) electrons. The molecule has 0 N–H and O–H groups in total. The third kappa shape index (κ3) is 3.04. The van der Waals surface area contributed by atoms with Gasteiger partial charge in [0.1, 0.15) is 10.7 Å². The summed E-state index contributed by atoms with van der Waals surface area (Å²) in [4.78, 5) is -0.355. The average Bonchev–Trinajstić information content (AvgIpc) is 2.27. The van der Waals surface area contributed by atoms with Crippen LogP contribution in [-0.4, -0.2) is 31.2 Å². The van der Waals surface area contributed by atoms with Gasteiger partial charge in [0.25, 0.3) is 0 Å². The van der Waals surface area contributed by atoms with Gasteiger partial charge in [-0.2, -0.15) is 4.31 Å². The standard InChI is InChI=1S/C11H14BrClFNO2S/c1-11(2,7-13)15(3)18(16,17)10-5-4-8(12)6-9(10)14/h4-6H,7H2,1-3H3. The van der Waals surface area contributed by atoms with Crippen molar-refractivity contribution in [3.8, 4) is 0 Å². The van der Waals surface area contributed by atoms with Crippen molar-refractivity contribution in [3.63, 3.8) is 0 Å². The van der Waals surface area contributed by atoms with Gasteiger partial charge >= 0.3 is 0 Å². The number of rotatable bonds is 4. The van der Waals surface area contributed by atoms with Crippen LogP contribution in [-0.2, 0) is 10.0 Å². The first-order chi connectivity index (χ1) is 8.13. The zero-order valence-corrected chi connectivity index (χ0v) is 13.4. The van der Waals surface area contributed by atoms with Crippen molar-refractivity contribution in [2.24, 2.45) is 0 Å². The molecule has 1 aromatic rings. The molecule has 0 heterocycles. The highest BCUT2D eigenvalue weighted by atomic mass is 79.9. The predicted octanol–water partition coefficient (Wildman–Crippen LogP) is 3.23. The van der Waals surface area contributed by atoms with E-state index in [1.165, 1.54) is 19.2 Å². The van der Waals surface area contributed by atoms with Crippen LogP contribution in [0.25, 0.3) is 0 Å². The number of nitrogens with zero attached hydrogens (tertiary/aromatic N) is 1. The van der Waals surface area contributed by atoms with Crippen LogP contribution in [0.4, 0.5) is 4.39 Å². The fourth-order valence-electron chi connectivity index (χ4n) is 1.24. The summed E-state index contributed by atoms with van der Waals surface area (Å²) in [5.74, 6) is -0.678. The monoisotopic (exact) mass is 357 g/mol. The molecule has 1 rings (SSSR count). The summed E-state index contributed by atoms with van der Waals surface area (Å²) in [6.07, 6.45) is 0. The first-order valence-corrected chi connectivity index (χ1v) is 7.90. The summed E-state index contributed by atoms with van der Waals surface area (Å²) in [5, 5.41) is 0. The van der Waals surface area contributed by atoms with E-state index in [2.05, 4.69) is 15.9 Å². The van der Waals surface area contributed by atoms with Gasteiger partial charge in [-0.1, -0.05) is 15.9 Å². The molecule has 0 unspecified atom stereocenters. The Morgan fingerprint density at radius 1 is 1.44 bits per heavy atom. The summed E-state index contributed by atoms with van der Waals surface area (Å²) in [6.45, 7) is 3.35. The lowest BCUT2D eigenvalue weighted by Crippen LogP contribution is -2.46. The molecule has 0 saturated carbocycles. The lowest BCUT2D eigenvalue weighted by atomic mass is 10.1. The van der Waals surface area contributed by atoms with Crippen molar-refractivity contribution in [3.05, 3.63) is 28.5 Å². The van der Waals surface area contributed by atoms with Crippen LogP contribution in [0.15, 0.2) is 27.6 Å². The van der Waals surface area contributed by atoms with Gasteiger partial charge in [0.05, 0.1) is 0 Å². The molecule has 102 valence electrons. The lowest BCUT2D eigenvalue weighted by molar-refractivity contribution is 0.295. The summed E-state index contributed by atoms with van der Waals surface area (Å²) in [7, 11) is -2.52. The van der Waals surface area contributed by atoms with Crippen LogP contribution in [0, 0.1) is 5.82 Å². The first-order valence-electron chi connectivity index (χ1n) is 5.13. The van der Waals surface area contributed by atoms with Crippen molar-refractivity contribution in [1.82, 2.24) is 4.31 Å². The highest BCUT2D eigenvalue weighted by Crippen LogP contribution is 2.27. The minimum atomic E-state index is -3.90. The van der Waals surface area contributed by atoms with Gasteiger partial charge in [0.15, 0.2) is 0 Å². The number of hydrogen-bond donors (Lipinski definition) is 0. The molecule has 0 atom stereocenters. The van der Waals surface area contributed by atoms with E-state index in [0.29, 0.717) is 4.47 Å². The molecular weight excluding hydrogens is 345 g/mol. The van der Waals surface area contributed by atoms with Crippen LogP contribution >= 0.6 is 27.5 Å². The molecule has 1 aromatic carbocycles. The third-order valence-corrected chi connectivity index (χ3v) is 5.96. The van der Waals surface area contributed by atoms with E-state index in [0.717, 1.165) is 10.4 Å². The van der Waals surface area contributed by atoms with Gasteiger partial charge in [-0.25, -0.2) is 12.8 Å². The van der Waals surface area contributed by atoms with Crippen LogP contribution in [0.5, 0.6) is 0 Å². The lowest BCUT2D eigenvalue weighted by Gasteiger charge is -2.32. The molecule has 0 aliphatic rings. The van der Waals surface area contributed by atoms with Crippen LogP contribution in [0.1, 0.15) is 13.8 Å². The summed E-state index contributed by atoms with van der Waals surface area (Å²) in [6, 6.07) is 3.83. The van der Waals surface area contributed by atoms with Gasteiger partial charge in [-0.15, -0.1) is 11.6 Å². The molecule has 18 heavy (non-hydrogen) atoms. The third-order valence-electron chi connectivity index (χ3n) is 2.71. The van der Waals surface area contributed by atoms with Gasteiger partial charge in [0.2, 0.25) is 10.0 Å². The summed E-state index contributed by atoms with van der Waals surface area (Å²) >= 11 is 8.82. The first kappa shape index (κ1) is 15.9. The van der Waals surface area contributed by atoms with Crippen LogP contribution in [0.2, 0.25) is 0 Å². The summed E-state index contributed by atoms with van der Waals surface area (Å²) in [5.41, 5.74) is -0.792. The van der Waals surface area contributed by atoms with Gasteiger partial charge in [-0.05, 0) is 32.0 Å². The zero-order valence-electron chi connectivity index (χ0n) is 10.2. The van der Waals surface area contributed by atoms with E-state index in [4.69, 9.17) is 11.6 Å². The quantitative estimate of drug-likeness (QED) is 0.775. The van der Waals surface area contributed by atoms with Gasteiger partial charge in [-0.3, -0.25) is 0 Å². The molecule has 0 aromatic heterocycles. The van der Waals surface area contributed by atoms with Crippen molar-refractivity contribution in [1.29, 1.82) is 0 Å². The largest absolute Gasteiger partial charge is 0.246 e. The number of benzene rings is 1. The molecule has 0 saturated heterocycles.